The molecule has 2 unspecified atom stereocenters. The number of nitrogens with one attached hydrogen (secondary N) is 2. The van der Waals surface area contributed by atoms with Crippen molar-refractivity contribution in [3.63, 3.8) is 0 Å². The van der Waals surface area contributed by atoms with Crippen molar-refractivity contribution in [1.82, 2.24) is 25.3 Å². The maximum absolute atomic E-state index is 12.0. The van der Waals surface area contributed by atoms with E-state index in [9.17, 15) is 4.79 Å². The number of carbonyl (C=O) groups excluding carboxylic acids is 1. The van der Waals surface area contributed by atoms with E-state index < -0.39 is 5.60 Å². The Morgan fingerprint density at radius 3 is 2.46 bits per heavy atom. The van der Waals surface area contributed by atoms with Crippen molar-refractivity contribution >= 4 is 12.1 Å². The van der Waals surface area contributed by atoms with Crippen molar-refractivity contribution in [1.29, 1.82) is 0 Å². The van der Waals surface area contributed by atoms with E-state index in [-0.39, 0.29) is 12.1 Å². The molecule has 0 saturated carbocycles. The van der Waals surface area contributed by atoms with Crippen LogP contribution in [0.1, 0.15) is 27.2 Å². The van der Waals surface area contributed by atoms with Gasteiger partial charge in [-0.05, 0) is 27.2 Å². The van der Waals surface area contributed by atoms with E-state index in [4.69, 9.17) is 4.74 Å². The van der Waals surface area contributed by atoms with Gasteiger partial charge in [0.25, 0.3) is 0 Å². The molecule has 26 heavy (non-hydrogen) atoms. The monoisotopic (exact) mass is 366 g/mol. The SMILES string of the molecule is CN=C(NCC1CN2CCN1CC2)N1CCC(NC(=O)OC(C)(C)C)C1. The molecule has 4 fully saturated rings. The normalized spacial score (nSPS) is 31.8. The fourth-order valence-electron chi connectivity index (χ4n) is 4.00. The highest BCUT2D eigenvalue weighted by Crippen LogP contribution is 2.16. The molecule has 0 aromatic heterocycles. The molecule has 4 saturated heterocycles. The third-order valence-electron chi connectivity index (χ3n) is 5.31. The number of hydrogen-bond acceptors (Lipinski definition) is 5. The molecule has 4 aliphatic heterocycles. The summed E-state index contributed by atoms with van der Waals surface area (Å²) in [4.78, 5) is 23.8. The Kier molecular flexibility index (Phi) is 5.92. The number of likely N-dealkylation sites (tertiary alicyclic amines) is 1. The molecule has 0 aliphatic carbocycles. The molecule has 0 spiro atoms. The number of fused-ring (bicyclic) bond motifs is 3. The number of rotatable bonds is 3. The lowest BCUT2D eigenvalue weighted by Gasteiger charge is -2.47. The van der Waals surface area contributed by atoms with Gasteiger partial charge < -0.3 is 20.3 Å². The van der Waals surface area contributed by atoms with Crippen LogP contribution in [0.2, 0.25) is 0 Å². The van der Waals surface area contributed by atoms with Crippen LogP contribution in [0.3, 0.4) is 0 Å². The third kappa shape index (κ3) is 5.01. The molecule has 0 aromatic carbocycles. The predicted molar refractivity (Wildman–Crippen MR) is 103 cm³/mol. The first kappa shape index (κ1) is 19.2. The van der Waals surface area contributed by atoms with Gasteiger partial charge in [-0.15, -0.1) is 0 Å². The second-order valence-corrected chi connectivity index (χ2v) is 8.50. The number of carbonyl (C=O) groups is 1. The standard InChI is InChI=1S/C18H34N6O2/c1-18(2,3)26-17(25)21-14-5-6-24(12-14)16(19-4)20-11-15-13-22-7-9-23(15)10-8-22/h14-15H,5-13H2,1-4H3,(H,19,20)(H,21,25). The van der Waals surface area contributed by atoms with E-state index in [1.807, 2.05) is 27.8 Å². The summed E-state index contributed by atoms with van der Waals surface area (Å²) in [5.74, 6) is 0.927. The smallest absolute Gasteiger partial charge is 0.407 e. The molecule has 0 radical (unpaired) electrons. The zero-order valence-electron chi connectivity index (χ0n) is 16.6. The highest BCUT2D eigenvalue weighted by atomic mass is 16.6. The molecule has 2 N–H and O–H groups in total. The van der Waals surface area contributed by atoms with Crippen molar-refractivity contribution in [2.24, 2.45) is 4.99 Å². The van der Waals surface area contributed by atoms with Gasteiger partial charge in [-0.2, -0.15) is 0 Å². The lowest BCUT2D eigenvalue weighted by atomic mass is 10.1. The predicted octanol–water partition coefficient (Wildman–Crippen LogP) is 0.161. The first-order valence-electron chi connectivity index (χ1n) is 9.75. The van der Waals surface area contributed by atoms with Crippen LogP contribution in [-0.2, 0) is 4.74 Å². The van der Waals surface area contributed by atoms with Crippen LogP contribution < -0.4 is 10.6 Å². The number of aliphatic imine (C=N–C) groups is 1. The van der Waals surface area contributed by atoms with Crippen LogP contribution in [0.25, 0.3) is 0 Å². The Morgan fingerprint density at radius 1 is 1.15 bits per heavy atom. The fourth-order valence-corrected chi connectivity index (χ4v) is 4.00. The zero-order valence-corrected chi connectivity index (χ0v) is 16.6. The van der Waals surface area contributed by atoms with Gasteiger partial charge in [0, 0.05) is 65.4 Å². The summed E-state index contributed by atoms with van der Waals surface area (Å²) in [6, 6.07) is 0.663. The molecule has 148 valence electrons. The number of hydrogen-bond donors (Lipinski definition) is 2. The van der Waals surface area contributed by atoms with Crippen molar-refractivity contribution in [3.05, 3.63) is 0 Å². The van der Waals surface area contributed by atoms with E-state index in [2.05, 4.69) is 30.3 Å². The molecule has 4 heterocycles. The summed E-state index contributed by atoms with van der Waals surface area (Å²) < 4.78 is 5.35. The van der Waals surface area contributed by atoms with Crippen molar-refractivity contribution in [2.75, 3.05) is 59.4 Å². The van der Waals surface area contributed by atoms with Crippen molar-refractivity contribution in [2.45, 2.75) is 44.9 Å². The molecule has 4 rings (SSSR count). The van der Waals surface area contributed by atoms with Crippen molar-refractivity contribution in [3.8, 4) is 0 Å². The Hall–Kier alpha value is -1.54. The number of amides is 1. The fraction of sp³-hybridized carbons (Fsp3) is 0.889. The van der Waals surface area contributed by atoms with Crippen LogP contribution in [0, 0.1) is 0 Å². The van der Waals surface area contributed by atoms with Crippen LogP contribution in [0.5, 0.6) is 0 Å². The van der Waals surface area contributed by atoms with Gasteiger partial charge in [0.05, 0.1) is 6.04 Å². The van der Waals surface area contributed by atoms with Gasteiger partial charge in [0.2, 0.25) is 0 Å². The molecule has 2 bridgehead atoms. The van der Waals surface area contributed by atoms with E-state index in [0.29, 0.717) is 6.04 Å². The van der Waals surface area contributed by atoms with E-state index in [1.165, 1.54) is 26.2 Å². The molecule has 8 heteroatoms. The minimum Gasteiger partial charge on any atom is -0.444 e. The van der Waals surface area contributed by atoms with Crippen LogP contribution in [-0.4, -0.2) is 104 Å². The van der Waals surface area contributed by atoms with Crippen molar-refractivity contribution < 1.29 is 9.53 Å². The molecule has 0 aromatic rings. The number of piperazine rings is 3. The second-order valence-electron chi connectivity index (χ2n) is 8.50. The maximum atomic E-state index is 12.0. The lowest BCUT2D eigenvalue weighted by molar-refractivity contribution is 0.0152. The topological polar surface area (TPSA) is 72.4 Å². The minimum absolute atomic E-state index is 0.101. The average molecular weight is 367 g/mol. The van der Waals surface area contributed by atoms with Crippen LogP contribution in [0.4, 0.5) is 4.79 Å². The molecular weight excluding hydrogens is 332 g/mol. The van der Waals surface area contributed by atoms with E-state index >= 15 is 0 Å². The summed E-state index contributed by atoms with van der Waals surface area (Å²) >= 11 is 0. The van der Waals surface area contributed by atoms with Gasteiger partial charge in [-0.3, -0.25) is 14.8 Å². The molecule has 1 amide bonds. The van der Waals surface area contributed by atoms with Gasteiger partial charge in [0.1, 0.15) is 5.60 Å². The van der Waals surface area contributed by atoms with Gasteiger partial charge in [0.15, 0.2) is 5.96 Å². The van der Waals surface area contributed by atoms with E-state index in [1.54, 1.807) is 0 Å². The number of alkyl carbamates (subject to hydrolysis) is 1. The third-order valence-corrected chi connectivity index (χ3v) is 5.31. The molecular formula is C18H34N6O2. The molecule has 8 nitrogen and oxygen atoms in total. The summed E-state index contributed by atoms with van der Waals surface area (Å²) in [7, 11) is 1.83. The number of guanidine groups is 1. The second kappa shape index (κ2) is 8.00. The lowest BCUT2D eigenvalue weighted by Crippen LogP contribution is -2.64. The summed E-state index contributed by atoms with van der Waals surface area (Å²) in [5.41, 5.74) is -0.468. The zero-order chi connectivity index (χ0) is 18.7. The minimum atomic E-state index is -0.468. The van der Waals surface area contributed by atoms with E-state index in [0.717, 1.165) is 38.6 Å². The van der Waals surface area contributed by atoms with Gasteiger partial charge in [-0.1, -0.05) is 0 Å². The number of ether oxygens (including phenoxy) is 1. The van der Waals surface area contributed by atoms with Crippen LogP contribution >= 0.6 is 0 Å². The Balaban J connectivity index is 1.44. The largest absolute Gasteiger partial charge is 0.444 e. The van der Waals surface area contributed by atoms with Gasteiger partial charge >= 0.3 is 6.09 Å². The summed E-state index contributed by atoms with van der Waals surface area (Å²) in [5, 5.41) is 6.51. The summed E-state index contributed by atoms with van der Waals surface area (Å²) in [6.45, 7) is 14.1. The van der Waals surface area contributed by atoms with Crippen LogP contribution in [0.15, 0.2) is 4.99 Å². The number of nitrogens with zero attached hydrogens (tertiary/aromatic N) is 4. The average Bonchev–Trinajstić information content (AvgIpc) is 3.03. The Labute approximate surface area is 156 Å². The first-order valence-corrected chi connectivity index (χ1v) is 9.75. The van der Waals surface area contributed by atoms with Gasteiger partial charge in [-0.25, -0.2) is 4.79 Å². The Morgan fingerprint density at radius 2 is 1.88 bits per heavy atom. The quantitative estimate of drug-likeness (QED) is 0.548. The maximum Gasteiger partial charge on any atom is 0.407 e. The Bertz CT molecular complexity index is 524. The molecule has 4 aliphatic rings. The highest BCUT2D eigenvalue weighted by Gasteiger charge is 2.33. The first-order chi connectivity index (χ1) is 12.3. The molecule has 2 atom stereocenters. The highest BCUT2D eigenvalue weighted by molar-refractivity contribution is 5.80. The summed E-state index contributed by atoms with van der Waals surface area (Å²) in [6.07, 6.45) is 0.566.